The van der Waals surface area contributed by atoms with Crippen LogP contribution in [0.25, 0.3) is 0 Å². The van der Waals surface area contributed by atoms with Gasteiger partial charge in [0, 0.05) is 16.8 Å². The van der Waals surface area contributed by atoms with Crippen LogP contribution in [0.2, 0.25) is 0 Å². The summed E-state index contributed by atoms with van der Waals surface area (Å²) in [4.78, 5) is 12.3. The van der Waals surface area contributed by atoms with Crippen molar-refractivity contribution in [3.05, 3.63) is 59.2 Å². The topological polar surface area (TPSA) is 143 Å². The van der Waals surface area contributed by atoms with Crippen molar-refractivity contribution in [3.8, 4) is 11.8 Å². The van der Waals surface area contributed by atoms with Crippen molar-refractivity contribution < 1.29 is 30.0 Å². The molecule has 2 aromatic carbocycles. The number of nitrogens with zero attached hydrogens (tertiary/aromatic N) is 1. The first-order valence-electron chi connectivity index (χ1n) is 7.22. The van der Waals surface area contributed by atoms with Gasteiger partial charge in [0.1, 0.15) is 18.4 Å². The molecule has 0 aliphatic rings. The molecule has 8 nitrogen and oxygen atoms in total. The summed E-state index contributed by atoms with van der Waals surface area (Å²) >= 11 is 0. The van der Waals surface area contributed by atoms with Crippen LogP contribution in [0, 0.1) is 11.3 Å². The molecule has 0 saturated carbocycles. The molecule has 2 rings (SSSR count). The van der Waals surface area contributed by atoms with Crippen LogP contribution in [0.15, 0.2) is 42.5 Å². The maximum absolute atomic E-state index is 12.3. The van der Waals surface area contributed by atoms with Crippen LogP contribution in [-0.2, 0) is 0 Å². The third-order valence-electron chi connectivity index (χ3n) is 3.23. The minimum absolute atomic E-state index is 0.0531. The summed E-state index contributed by atoms with van der Waals surface area (Å²) in [6.45, 7) is -0.401. The third-order valence-corrected chi connectivity index (χ3v) is 3.23. The Morgan fingerprint density at radius 3 is 2.52 bits per heavy atom. The molecule has 0 aliphatic carbocycles. The molecule has 25 heavy (non-hydrogen) atoms. The zero-order valence-corrected chi connectivity index (χ0v) is 13.0. The molecule has 0 atom stereocenters. The van der Waals surface area contributed by atoms with E-state index in [2.05, 4.69) is 5.32 Å². The Kier molecular flexibility index (Phi) is 6.05. The van der Waals surface area contributed by atoms with Crippen LogP contribution < -0.4 is 10.1 Å². The first-order valence-corrected chi connectivity index (χ1v) is 7.22. The highest BCUT2D eigenvalue weighted by Crippen LogP contribution is 2.24. The number of benzene rings is 2. The standard InChI is InChI=1S/C17H16N2O6/c18-8-10-7-11(5-6-14(10)25-9-15(20)21)19-16(22)12-3-1-2-4-13(12)17(23)24/h1-7,15,17,20-21,23-24H,9H2,(H,19,22). The van der Waals surface area contributed by atoms with Crippen molar-refractivity contribution in [1.29, 1.82) is 5.26 Å². The van der Waals surface area contributed by atoms with Crippen molar-refractivity contribution >= 4 is 11.6 Å². The fourth-order valence-corrected chi connectivity index (χ4v) is 2.11. The van der Waals surface area contributed by atoms with Gasteiger partial charge in [0.05, 0.1) is 5.56 Å². The van der Waals surface area contributed by atoms with E-state index in [0.717, 1.165) is 0 Å². The van der Waals surface area contributed by atoms with Crippen LogP contribution in [0.5, 0.6) is 5.75 Å². The minimum atomic E-state index is -1.79. The summed E-state index contributed by atoms with van der Waals surface area (Å²) in [5.74, 6) is -0.438. The molecule has 0 radical (unpaired) electrons. The summed E-state index contributed by atoms with van der Waals surface area (Å²) in [5, 5.41) is 47.9. The number of hydrogen-bond donors (Lipinski definition) is 5. The predicted molar refractivity (Wildman–Crippen MR) is 86.5 cm³/mol. The van der Waals surface area contributed by atoms with Gasteiger partial charge >= 0.3 is 0 Å². The van der Waals surface area contributed by atoms with Gasteiger partial charge < -0.3 is 30.5 Å². The van der Waals surface area contributed by atoms with Gasteiger partial charge in [0.15, 0.2) is 12.6 Å². The molecule has 0 saturated heterocycles. The molecule has 2 aromatic rings. The molecule has 0 fully saturated rings. The van der Waals surface area contributed by atoms with Crippen LogP contribution in [0.4, 0.5) is 5.69 Å². The Morgan fingerprint density at radius 1 is 1.16 bits per heavy atom. The van der Waals surface area contributed by atoms with Crippen molar-refractivity contribution in [1.82, 2.24) is 0 Å². The van der Waals surface area contributed by atoms with E-state index in [1.54, 1.807) is 12.1 Å². The van der Waals surface area contributed by atoms with Gasteiger partial charge in [-0.1, -0.05) is 18.2 Å². The zero-order chi connectivity index (χ0) is 18.4. The van der Waals surface area contributed by atoms with E-state index in [9.17, 15) is 15.0 Å². The number of nitriles is 1. The van der Waals surface area contributed by atoms with E-state index in [-0.39, 0.29) is 22.4 Å². The molecule has 130 valence electrons. The maximum Gasteiger partial charge on any atom is 0.256 e. The van der Waals surface area contributed by atoms with E-state index < -0.39 is 25.1 Å². The normalized spacial score (nSPS) is 10.6. The minimum Gasteiger partial charge on any atom is -0.487 e. The Labute approximate surface area is 143 Å². The molecule has 0 spiro atoms. The number of ether oxygens (including phenoxy) is 1. The van der Waals surface area contributed by atoms with E-state index in [1.165, 1.54) is 30.3 Å². The van der Waals surface area contributed by atoms with Gasteiger partial charge in [0.2, 0.25) is 0 Å². The first-order chi connectivity index (χ1) is 11.9. The van der Waals surface area contributed by atoms with Crippen LogP contribution in [0.3, 0.4) is 0 Å². The average Bonchev–Trinajstić information content (AvgIpc) is 2.60. The van der Waals surface area contributed by atoms with Gasteiger partial charge in [-0.3, -0.25) is 4.79 Å². The van der Waals surface area contributed by atoms with E-state index in [0.29, 0.717) is 5.69 Å². The summed E-state index contributed by atoms with van der Waals surface area (Å²) < 4.78 is 5.08. The molecule has 0 heterocycles. The number of carbonyl (C=O) groups excluding carboxylic acids is 1. The summed E-state index contributed by atoms with van der Waals surface area (Å²) in [6, 6.07) is 12.1. The maximum atomic E-state index is 12.3. The van der Waals surface area contributed by atoms with Gasteiger partial charge in [-0.25, -0.2) is 0 Å². The van der Waals surface area contributed by atoms with Gasteiger partial charge in [-0.05, 0) is 24.3 Å². The quantitative estimate of drug-likeness (QED) is 0.480. The lowest BCUT2D eigenvalue weighted by Gasteiger charge is -2.13. The molecule has 0 aliphatic heterocycles. The van der Waals surface area contributed by atoms with Crippen LogP contribution in [0.1, 0.15) is 27.8 Å². The molecule has 0 bridgehead atoms. The Balaban J connectivity index is 2.21. The first kappa shape index (κ1) is 18.4. The summed E-state index contributed by atoms with van der Waals surface area (Å²) in [7, 11) is 0. The Hall–Kier alpha value is -2.96. The van der Waals surface area contributed by atoms with Crippen LogP contribution >= 0.6 is 0 Å². The molecule has 0 aromatic heterocycles. The lowest BCUT2D eigenvalue weighted by molar-refractivity contribution is -0.0681. The van der Waals surface area contributed by atoms with Gasteiger partial charge in [-0.15, -0.1) is 0 Å². The number of nitrogens with one attached hydrogen (secondary N) is 1. The largest absolute Gasteiger partial charge is 0.487 e. The Bertz CT molecular complexity index is 798. The number of hydrogen-bond acceptors (Lipinski definition) is 7. The highest BCUT2D eigenvalue weighted by Gasteiger charge is 2.16. The smallest absolute Gasteiger partial charge is 0.256 e. The number of carbonyl (C=O) groups is 1. The number of aliphatic hydroxyl groups is 4. The SMILES string of the molecule is N#Cc1cc(NC(=O)c2ccccc2C(O)O)ccc1OCC(O)O. The lowest BCUT2D eigenvalue weighted by Crippen LogP contribution is -2.17. The molecular weight excluding hydrogens is 328 g/mol. The molecular formula is C17H16N2O6. The highest BCUT2D eigenvalue weighted by molar-refractivity contribution is 6.05. The second kappa shape index (κ2) is 8.23. The van der Waals surface area contributed by atoms with Gasteiger partial charge in [0.25, 0.3) is 5.91 Å². The number of rotatable bonds is 6. The second-order valence-corrected chi connectivity index (χ2v) is 5.03. The molecule has 8 heteroatoms. The van der Waals surface area contributed by atoms with E-state index in [1.807, 2.05) is 6.07 Å². The van der Waals surface area contributed by atoms with Crippen LogP contribution in [-0.4, -0.2) is 39.2 Å². The number of aliphatic hydroxyl groups excluding tert-OH is 2. The second-order valence-electron chi connectivity index (χ2n) is 5.03. The fourth-order valence-electron chi connectivity index (χ4n) is 2.11. The van der Waals surface area contributed by atoms with Crippen molar-refractivity contribution in [2.75, 3.05) is 11.9 Å². The van der Waals surface area contributed by atoms with Crippen molar-refractivity contribution in [3.63, 3.8) is 0 Å². The Morgan fingerprint density at radius 2 is 1.88 bits per heavy atom. The highest BCUT2D eigenvalue weighted by atomic mass is 16.5. The molecule has 0 unspecified atom stereocenters. The lowest BCUT2D eigenvalue weighted by atomic mass is 10.1. The number of anilines is 1. The fraction of sp³-hybridized carbons (Fsp3) is 0.176. The summed E-state index contributed by atoms with van der Waals surface area (Å²) in [6.07, 6.45) is -3.47. The van der Waals surface area contributed by atoms with Crippen molar-refractivity contribution in [2.24, 2.45) is 0 Å². The predicted octanol–water partition coefficient (Wildman–Crippen LogP) is 0.483. The molecule has 1 amide bonds. The average molecular weight is 344 g/mol. The molecule has 5 N–H and O–H groups in total. The monoisotopic (exact) mass is 344 g/mol. The van der Waals surface area contributed by atoms with Gasteiger partial charge in [-0.2, -0.15) is 5.26 Å². The van der Waals surface area contributed by atoms with E-state index >= 15 is 0 Å². The zero-order valence-electron chi connectivity index (χ0n) is 13.0. The number of amides is 1. The van der Waals surface area contributed by atoms with E-state index in [4.69, 9.17) is 20.2 Å². The summed E-state index contributed by atoms with van der Waals surface area (Å²) in [5.41, 5.74) is 0.520. The van der Waals surface area contributed by atoms with Crippen molar-refractivity contribution in [2.45, 2.75) is 12.6 Å². The third kappa shape index (κ3) is 4.76.